The molecule has 1 saturated heterocycles. The minimum atomic E-state index is 0.937. The van der Waals surface area contributed by atoms with E-state index in [1.54, 1.807) is 0 Å². The average Bonchev–Trinajstić information content (AvgIpc) is 2.19. The molecule has 2 heteroatoms. The zero-order valence-corrected chi connectivity index (χ0v) is 8.68. The Morgan fingerprint density at radius 1 is 1.31 bits per heavy atom. The second-order valence-corrected chi connectivity index (χ2v) is 3.79. The summed E-state index contributed by atoms with van der Waals surface area (Å²) in [5.41, 5.74) is 0. The fourth-order valence-corrected chi connectivity index (χ4v) is 1.75. The zero-order chi connectivity index (χ0) is 9.36. The summed E-state index contributed by atoms with van der Waals surface area (Å²) < 4.78 is 0. The lowest BCUT2D eigenvalue weighted by molar-refractivity contribution is 0.377. The van der Waals surface area contributed by atoms with Crippen molar-refractivity contribution in [3.05, 3.63) is 12.2 Å². The van der Waals surface area contributed by atoms with Crippen LogP contribution in [0.25, 0.3) is 0 Å². The van der Waals surface area contributed by atoms with Gasteiger partial charge in [0.05, 0.1) is 0 Å². The molecule has 0 bridgehead atoms. The minimum absolute atomic E-state index is 0.937. The summed E-state index contributed by atoms with van der Waals surface area (Å²) in [6, 6.07) is 0. The molecular weight excluding hydrogens is 160 g/mol. The van der Waals surface area contributed by atoms with Crippen LogP contribution >= 0.6 is 0 Å². The normalized spacial score (nSPS) is 19.8. The van der Waals surface area contributed by atoms with Crippen LogP contribution < -0.4 is 10.6 Å². The first-order chi connectivity index (χ1) is 6.43. The number of allylic oxidation sites excluding steroid dienone is 1. The molecule has 0 aliphatic carbocycles. The lowest BCUT2D eigenvalue weighted by atomic mass is 9.94. The van der Waals surface area contributed by atoms with Gasteiger partial charge in [-0.05, 0) is 58.3 Å². The lowest BCUT2D eigenvalue weighted by Gasteiger charge is -2.20. The molecule has 0 amide bonds. The highest BCUT2D eigenvalue weighted by Gasteiger charge is 2.10. The molecule has 2 nitrogen and oxygen atoms in total. The first kappa shape index (κ1) is 10.7. The van der Waals surface area contributed by atoms with Gasteiger partial charge in [-0.3, -0.25) is 0 Å². The van der Waals surface area contributed by atoms with Gasteiger partial charge in [0.1, 0.15) is 0 Å². The van der Waals surface area contributed by atoms with Crippen molar-refractivity contribution in [2.75, 3.05) is 26.7 Å². The highest BCUT2D eigenvalue weighted by atomic mass is 14.9. The third kappa shape index (κ3) is 5.06. The van der Waals surface area contributed by atoms with Crippen LogP contribution in [-0.2, 0) is 0 Å². The first-order valence-electron chi connectivity index (χ1n) is 5.44. The molecule has 1 fully saturated rings. The van der Waals surface area contributed by atoms with Crippen molar-refractivity contribution < 1.29 is 0 Å². The summed E-state index contributed by atoms with van der Waals surface area (Å²) in [4.78, 5) is 0. The molecule has 0 aromatic carbocycles. The van der Waals surface area contributed by atoms with Gasteiger partial charge in [-0.2, -0.15) is 0 Å². The SMILES string of the molecule is CNCC/C=C\CC1CCNCC1. The highest BCUT2D eigenvalue weighted by Crippen LogP contribution is 2.15. The maximum absolute atomic E-state index is 3.39. The molecule has 1 aliphatic rings. The van der Waals surface area contributed by atoms with E-state index in [0.717, 1.165) is 12.5 Å². The van der Waals surface area contributed by atoms with E-state index in [4.69, 9.17) is 0 Å². The molecule has 13 heavy (non-hydrogen) atoms. The molecule has 0 atom stereocenters. The van der Waals surface area contributed by atoms with Crippen molar-refractivity contribution in [1.29, 1.82) is 0 Å². The third-order valence-corrected chi connectivity index (χ3v) is 2.66. The van der Waals surface area contributed by atoms with Gasteiger partial charge in [-0.15, -0.1) is 0 Å². The zero-order valence-electron chi connectivity index (χ0n) is 8.68. The Bertz CT molecular complexity index is 137. The Balaban J connectivity index is 2.00. The Hall–Kier alpha value is -0.340. The number of hydrogen-bond acceptors (Lipinski definition) is 2. The van der Waals surface area contributed by atoms with E-state index in [-0.39, 0.29) is 0 Å². The summed E-state index contributed by atoms with van der Waals surface area (Å²) >= 11 is 0. The van der Waals surface area contributed by atoms with Gasteiger partial charge in [0, 0.05) is 0 Å². The van der Waals surface area contributed by atoms with Crippen LogP contribution in [0.2, 0.25) is 0 Å². The molecular formula is C11H22N2. The summed E-state index contributed by atoms with van der Waals surface area (Å²) in [5, 5.41) is 6.54. The van der Waals surface area contributed by atoms with Crippen molar-refractivity contribution in [3.8, 4) is 0 Å². The van der Waals surface area contributed by atoms with Crippen molar-refractivity contribution in [2.24, 2.45) is 5.92 Å². The number of hydrogen-bond donors (Lipinski definition) is 2. The summed E-state index contributed by atoms with van der Waals surface area (Å²) in [7, 11) is 2.00. The largest absolute Gasteiger partial charge is 0.319 e. The predicted molar refractivity (Wildman–Crippen MR) is 57.9 cm³/mol. The van der Waals surface area contributed by atoms with E-state index in [1.165, 1.54) is 38.8 Å². The predicted octanol–water partition coefficient (Wildman–Crippen LogP) is 1.54. The van der Waals surface area contributed by atoms with Crippen LogP contribution in [0.5, 0.6) is 0 Å². The van der Waals surface area contributed by atoms with E-state index >= 15 is 0 Å². The quantitative estimate of drug-likeness (QED) is 0.498. The monoisotopic (exact) mass is 182 g/mol. The molecule has 0 aromatic rings. The van der Waals surface area contributed by atoms with E-state index in [1.807, 2.05) is 7.05 Å². The number of rotatable bonds is 5. The molecule has 1 aliphatic heterocycles. The lowest BCUT2D eigenvalue weighted by Crippen LogP contribution is -2.27. The van der Waals surface area contributed by atoms with Gasteiger partial charge < -0.3 is 10.6 Å². The molecule has 1 rings (SSSR count). The van der Waals surface area contributed by atoms with Crippen molar-refractivity contribution in [1.82, 2.24) is 10.6 Å². The van der Waals surface area contributed by atoms with E-state index in [9.17, 15) is 0 Å². The van der Waals surface area contributed by atoms with Crippen LogP contribution in [-0.4, -0.2) is 26.7 Å². The van der Waals surface area contributed by atoms with Gasteiger partial charge in [-0.25, -0.2) is 0 Å². The van der Waals surface area contributed by atoms with Crippen LogP contribution in [0.3, 0.4) is 0 Å². The fourth-order valence-electron chi connectivity index (χ4n) is 1.75. The standard InChI is InChI=1S/C11H22N2/c1-12-8-4-2-3-5-11-6-9-13-10-7-11/h2-3,11-13H,4-10H2,1H3/b3-2-. The van der Waals surface area contributed by atoms with Crippen molar-refractivity contribution >= 4 is 0 Å². The minimum Gasteiger partial charge on any atom is -0.319 e. The maximum atomic E-state index is 3.39. The highest BCUT2D eigenvalue weighted by molar-refractivity contribution is 4.85. The van der Waals surface area contributed by atoms with Gasteiger partial charge in [-0.1, -0.05) is 12.2 Å². The molecule has 0 radical (unpaired) electrons. The van der Waals surface area contributed by atoms with Crippen LogP contribution in [0.1, 0.15) is 25.7 Å². The number of piperidine rings is 1. The van der Waals surface area contributed by atoms with Crippen LogP contribution in [0.15, 0.2) is 12.2 Å². The van der Waals surface area contributed by atoms with Gasteiger partial charge in [0.25, 0.3) is 0 Å². The van der Waals surface area contributed by atoms with Crippen molar-refractivity contribution in [2.45, 2.75) is 25.7 Å². The Morgan fingerprint density at radius 3 is 2.77 bits per heavy atom. The van der Waals surface area contributed by atoms with Gasteiger partial charge in [0.2, 0.25) is 0 Å². The molecule has 76 valence electrons. The summed E-state index contributed by atoms with van der Waals surface area (Å²) in [6.07, 6.45) is 9.82. The van der Waals surface area contributed by atoms with E-state index < -0.39 is 0 Å². The van der Waals surface area contributed by atoms with Gasteiger partial charge in [0.15, 0.2) is 0 Å². The molecule has 0 aromatic heterocycles. The number of nitrogens with one attached hydrogen (secondary N) is 2. The van der Waals surface area contributed by atoms with Crippen LogP contribution in [0.4, 0.5) is 0 Å². The first-order valence-corrected chi connectivity index (χ1v) is 5.44. The summed E-state index contributed by atoms with van der Waals surface area (Å²) in [5.74, 6) is 0.937. The molecule has 0 saturated carbocycles. The molecule has 0 unspecified atom stereocenters. The molecule has 0 spiro atoms. The maximum Gasteiger partial charge on any atom is -0.00173 e. The molecule has 2 N–H and O–H groups in total. The Morgan fingerprint density at radius 2 is 2.08 bits per heavy atom. The second-order valence-electron chi connectivity index (χ2n) is 3.79. The Labute approximate surface area is 81.8 Å². The average molecular weight is 182 g/mol. The van der Waals surface area contributed by atoms with Gasteiger partial charge >= 0.3 is 0 Å². The van der Waals surface area contributed by atoms with E-state index in [2.05, 4.69) is 22.8 Å². The fraction of sp³-hybridized carbons (Fsp3) is 0.818. The van der Waals surface area contributed by atoms with Crippen LogP contribution in [0, 0.1) is 5.92 Å². The van der Waals surface area contributed by atoms with Crippen molar-refractivity contribution in [3.63, 3.8) is 0 Å². The Kier molecular flexibility index (Phi) is 5.87. The smallest absolute Gasteiger partial charge is 0.00173 e. The topological polar surface area (TPSA) is 24.1 Å². The third-order valence-electron chi connectivity index (χ3n) is 2.66. The summed E-state index contributed by atoms with van der Waals surface area (Å²) in [6.45, 7) is 3.53. The second kappa shape index (κ2) is 7.10. The van der Waals surface area contributed by atoms with E-state index in [0.29, 0.717) is 0 Å². The molecule has 1 heterocycles.